The molecule has 12 heavy (non-hydrogen) atoms. The molecule has 0 aromatic heterocycles. The normalized spacial score (nSPS) is 11.8. The topological polar surface area (TPSA) is 20.2 Å². The molecule has 0 aliphatic heterocycles. The van der Waals surface area contributed by atoms with E-state index in [2.05, 4.69) is 23.9 Å². The zero-order valence-corrected chi connectivity index (χ0v) is 8.52. The lowest BCUT2D eigenvalue weighted by Gasteiger charge is -1.90. The van der Waals surface area contributed by atoms with E-state index in [-0.39, 0.29) is 9.52 Å². The zero-order valence-electron chi connectivity index (χ0n) is 7.11. The molecule has 1 aromatic carbocycles. The Morgan fingerprint density at radius 2 is 2.00 bits per heavy atom. The first-order valence-electron chi connectivity index (χ1n) is 4.26. The molecule has 1 rings (SSSR count). The summed E-state index contributed by atoms with van der Waals surface area (Å²) in [5.41, 5.74) is 3.48. The summed E-state index contributed by atoms with van der Waals surface area (Å²) in [6, 6.07) is 11.3. The van der Waals surface area contributed by atoms with E-state index < -0.39 is 0 Å². The molecular weight excluding hydrogens is 164 g/mol. The van der Waals surface area contributed by atoms with Gasteiger partial charge in [0.05, 0.1) is 0 Å². The van der Waals surface area contributed by atoms with Gasteiger partial charge in [0.2, 0.25) is 0 Å². The molecule has 1 N–H and O–H groups in total. The van der Waals surface area contributed by atoms with Gasteiger partial charge in [-0.1, -0.05) is 36.4 Å². The highest BCUT2D eigenvalue weighted by atomic mass is 28.2. The van der Waals surface area contributed by atoms with Crippen molar-refractivity contribution in [2.75, 3.05) is 6.61 Å². The van der Waals surface area contributed by atoms with Crippen LogP contribution in [0.1, 0.15) is 5.56 Å². The zero-order chi connectivity index (χ0) is 8.65. The van der Waals surface area contributed by atoms with Crippen LogP contribution in [0.5, 0.6) is 0 Å². The monoisotopic (exact) mass is 178 g/mol. The number of hydrogen-bond donors (Lipinski definition) is 1. The van der Waals surface area contributed by atoms with Crippen LogP contribution >= 0.6 is 0 Å². The number of aliphatic hydroxyl groups is 1. The fourth-order valence-electron chi connectivity index (χ4n) is 0.993. The largest absolute Gasteiger partial charge is 0.397 e. The van der Waals surface area contributed by atoms with Gasteiger partial charge in [-0.25, -0.2) is 0 Å². The molecule has 0 aliphatic carbocycles. The number of aliphatic hydroxyl groups excluding tert-OH is 1. The highest BCUT2D eigenvalue weighted by Crippen LogP contribution is 2.00. The fraction of sp³-hybridized carbons (Fsp3) is 0.200. The Hall–Kier alpha value is -0.863. The van der Waals surface area contributed by atoms with Crippen LogP contribution in [0.15, 0.2) is 36.0 Å². The molecule has 0 unspecified atom stereocenters. The lowest BCUT2D eigenvalue weighted by atomic mass is 10.2. The first kappa shape index (κ1) is 9.23. The van der Waals surface area contributed by atoms with Crippen LogP contribution < -0.4 is 0 Å². The van der Waals surface area contributed by atoms with Crippen molar-refractivity contribution in [2.24, 2.45) is 0 Å². The van der Waals surface area contributed by atoms with Crippen molar-refractivity contribution in [3.63, 3.8) is 0 Å². The Kier molecular flexibility index (Phi) is 4.42. The minimum absolute atomic E-state index is 0.163. The molecule has 64 valence electrons. The van der Waals surface area contributed by atoms with E-state index in [1.165, 1.54) is 5.56 Å². The van der Waals surface area contributed by atoms with Gasteiger partial charge < -0.3 is 5.11 Å². The van der Waals surface area contributed by atoms with Gasteiger partial charge in [-0.15, -0.1) is 5.70 Å². The van der Waals surface area contributed by atoms with Crippen molar-refractivity contribution < 1.29 is 5.11 Å². The Bertz CT molecular complexity index is 231. The van der Waals surface area contributed by atoms with Crippen molar-refractivity contribution >= 4 is 15.6 Å². The fourth-order valence-corrected chi connectivity index (χ4v) is 1.85. The van der Waals surface area contributed by atoms with Crippen LogP contribution in [0.25, 0.3) is 6.08 Å². The number of hydrogen-bond acceptors (Lipinski definition) is 1. The standard InChI is InChI=1S/C10H14OSi/c11-7-9-12-8-6-10-4-2-1-3-5-10/h1-6,8,11H,7,9,12H2. The molecule has 0 amide bonds. The SMILES string of the molecule is OCC[SiH2]C=Cc1ccccc1. The molecule has 0 heterocycles. The maximum Gasteiger partial charge on any atom is 0.0477 e. The van der Waals surface area contributed by atoms with Gasteiger partial charge in [-0.2, -0.15) is 0 Å². The summed E-state index contributed by atoms with van der Waals surface area (Å²) in [5, 5.41) is 8.56. The summed E-state index contributed by atoms with van der Waals surface area (Å²) in [6.45, 7) is 0.339. The number of rotatable bonds is 4. The van der Waals surface area contributed by atoms with Crippen molar-refractivity contribution in [2.45, 2.75) is 6.04 Å². The quantitative estimate of drug-likeness (QED) is 0.543. The van der Waals surface area contributed by atoms with Gasteiger partial charge in [-0.3, -0.25) is 0 Å². The summed E-state index contributed by atoms with van der Waals surface area (Å²) in [6.07, 6.45) is 2.14. The van der Waals surface area contributed by atoms with E-state index in [1.807, 2.05) is 18.2 Å². The molecule has 0 aliphatic rings. The van der Waals surface area contributed by atoms with Crippen molar-refractivity contribution in [1.82, 2.24) is 0 Å². The van der Waals surface area contributed by atoms with Gasteiger partial charge in [0.15, 0.2) is 0 Å². The Morgan fingerprint density at radius 3 is 2.67 bits per heavy atom. The molecule has 0 spiro atoms. The third kappa shape index (κ3) is 3.51. The second-order valence-electron chi connectivity index (χ2n) is 2.68. The van der Waals surface area contributed by atoms with Crippen LogP contribution in [0.3, 0.4) is 0 Å². The molecule has 0 bridgehead atoms. The van der Waals surface area contributed by atoms with Gasteiger partial charge >= 0.3 is 0 Å². The van der Waals surface area contributed by atoms with E-state index in [4.69, 9.17) is 5.11 Å². The molecule has 0 saturated heterocycles. The summed E-state index contributed by atoms with van der Waals surface area (Å²) < 4.78 is 0. The maximum absolute atomic E-state index is 8.56. The molecule has 0 atom stereocenters. The predicted molar refractivity (Wildman–Crippen MR) is 55.9 cm³/mol. The molecule has 2 heteroatoms. The third-order valence-electron chi connectivity index (χ3n) is 1.64. The van der Waals surface area contributed by atoms with E-state index in [9.17, 15) is 0 Å². The summed E-state index contributed by atoms with van der Waals surface area (Å²) in [4.78, 5) is 0. The molecule has 0 fully saturated rings. The Balaban J connectivity index is 2.36. The second-order valence-corrected chi connectivity index (χ2v) is 4.43. The second kappa shape index (κ2) is 5.74. The average Bonchev–Trinajstić information content (AvgIpc) is 2.14. The van der Waals surface area contributed by atoms with E-state index >= 15 is 0 Å². The molecule has 1 nitrogen and oxygen atoms in total. The van der Waals surface area contributed by atoms with Gasteiger partial charge in [0, 0.05) is 16.1 Å². The van der Waals surface area contributed by atoms with E-state index in [0.29, 0.717) is 6.61 Å². The van der Waals surface area contributed by atoms with Crippen molar-refractivity contribution in [1.29, 1.82) is 0 Å². The molecule has 0 saturated carbocycles. The summed E-state index contributed by atoms with van der Waals surface area (Å²) in [5.74, 6) is 0. The minimum Gasteiger partial charge on any atom is -0.397 e. The Labute approximate surface area is 75.6 Å². The molecular formula is C10H14OSi. The van der Waals surface area contributed by atoms with Gasteiger partial charge in [0.25, 0.3) is 0 Å². The van der Waals surface area contributed by atoms with Gasteiger partial charge in [0.1, 0.15) is 0 Å². The van der Waals surface area contributed by atoms with E-state index in [0.717, 1.165) is 6.04 Å². The maximum atomic E-state index is 8.56. The molecule has 1 aromatic rings. The van der Waals surface area contributed by atoms with Crippen molar-refractivity contribution in [3.05, 3.63) is 41.6 Å². The van der Waals surface area contributed by atoms with Crippen LogP contribution in [0.2, 0.25) is 6.04 Å². The first-order valence-corrected chi connectivity index (χ1v) is 6.07. The van der Waals surface area contributed by atoms with Gasteiger partial charge in [-0.05, 0) is 11.6 Å². The third-order valence-corrected chi connectivity index (χ3v) is 2.93. The van der Waals surface area contributed by atoms with E-state index in [1.54, 1.807) is 0 Å². The van der Waals surface area contributed by atoms with Crippen molar-refractivity contribution in [3.8, 4) is 0 Å². The first-order chi connectivity index (χ1) is 5.93. The molecule has 0 radical (unpaired) electrons. The predicted octanol–water partition coefficient (Wildman–Crippen LogP) is 1.24. The Morgan fingerprint density at radius 1 is 1.25 bits per heavy atom. The lowest BCUT2D eigenvalue weighted by molar-refractivity contribution is 0.318. The minimum atomic E-state index is -0.163. The van der Waals surface area contributed by atoms with Crippen LogP contribution in [-0.4, -0.2) is 21.2 Å². The lowest BCUT2D eigenvalue weighted by Crippen LogP contribution is -1.87. The number of benzene rings is 1. The van der Waals surface area contributed by atoms with Crippen LogP contribution in [0.4, 0.5) is 0 Å². The average molecular weight is 178 g/mol. The highest BCUT2D eigenvalue weighted by molar-refractivity contribution is 6.43. The smallest absolute Gasteiger partial charge is 0.0477 e. The van der Waals surface area contributed by atoms with Crippen LogP contribution in [0, 0.1) is 0 Å². The summed E-state index contributed by atoms with van der Waals surface area (Å²) >= 11 is 0. The highest BCUT2D eigenvalue weighted by Gasteiger charge is 1.83. The summed E-state index contributed by atoms with van der Waals surface area (Å²) in [7, 11) is -0.163. The van der Waals surface area contributed by atoms with Crippen LogP contribution in [-0.2, 0) is 0 Å².